The highest BCUT2D eigenvalue weighted by molar-refractivity contribution is 5.95. The summed E-state index contributed by atoms with van der Waals surface area (Å²) in [6.07, 6.45) is 0.959. The summed E-state index contributed by atoms with van der Waals surface area (Å²) >= 11 is 0. The van der Waals surface area contributed by atoms with Crippen molar-refractivity contribution in [2.75, 3.05) is 5.32 Å². The van der Waals surface area contributed by atoms with Crippen LogP contribution in [-0.4, -0.2) is 5.91 Å². The lowest BCUT2D eigenvalue weighted by molar-refractivity contribution is -0.117. The Morgan fingerprint density at radius 2 is 1.70 bits per heavy atom. The number of anilines is 1. The van der Waals surface area contributed by atoms with Crippen LogP contribution in [-0.2, 0) is 4.79 Å². The summed E-state index contributed by atoms with van der Waals surface area (Å²) in [4.78, 5) is 12.3. The zero-order valence-electron chi connectivity index (χ0n) is 11.9. The molecule has 2 atom stereocenters. The first-order chi connectivity index (χ1) is 9.63. The first kappa shape index (κ1) is 12.9. The van der Waals surface area contributed by atoms with Crippen molar-refractivity contribution in [1.29, 1.82) is 0 Å². The van der Waals surface area contributed by atoms with Gasteiger partial charge in [-0.25, -0.2) is 0 Å². The van der Waals surface area contributed by atoms with Gasteiger partial charge in [-0.3, -0.25) is 4.79 Å². The summed E-state index contributed by atoms with van der Waals surface area (Å²) in [7, 11) is 0. The predicted molar refractivity (Wildman–Crippen MR) is 81.8 cm³/mol. The summed E-state index contributed by atoms with van der Waals surface area (Å²) < 4.78 is 0. The Balaban J connectivity index is 1.67. The molecule has 0 spiro atoms. The van der Waals surface area contributed by atoms with Crippen LogP contribution in [0.15, 0.2) is 48.5 Å². The van der Waals surface area contributed by atoms with Gasteiger partial charge in [0.1, 0.15) is 0 Å². The molecule has 0 aliphatic heterocycles. The number of benzene rings is 2. The van der Waals surface area contributed by atoms with Gasteiger partial charge >= 0.3 is 0 Å². The second-order valence-corrected chi connectivity index (χ2v) is 5.73. The van der Waals surface area contributed by atoms with Crippen molar-refractivity contribution in [2.24, 2.45) is 5.92 Å². The number of rotatable bonds is 3. The standard InChI is InChI=1S/C18H19NO/c1-12-8-13(2)10-15(9-12)19-18(20)17-11-16(17)14-6-4-3-5-7-14/h3-10,16-17H,11H2,1-2H3,(H,19,20). The maximum atomic E-state index is 12.3. The quantitative estimate of drug-likeness (QED) is 0.891. The highest BCUT2D eigenvalue weighted by Gasteiger charge is 2.43. The lowest BCUT2D eigenvalue weighted by atomic mass is 10.1. The molecule has 1 saturated carbocycles. The number of aryl methyl sites for hydroxylation is 2. The molecule has 102 valence electrons. The average Bonchev–Trinajstić information content (AvgIpc) is 3.18. The van der Waals surface area contributed by atoms with Crippen LogP contribution in [0, 0.1) is 19.8 Å². The summed E-state index contributed by atoms with van der Waals surface area (Å²) in [6.45, 7) is 4.10. The van der Waals surface area contributed by atoms with Crippen LogP contribution in [0.2, 0.25) is 0 Å². The molecule has 3 rings (SSSR count). The summed E-state index contributed by atoms with van der Waals surface area (Å²) in [5.41, 5.74) is 4.53. The van der Waals surface area contributed by atoms with Gasteiger partial charge in [0.25, 0.3) is 0 Å². The van der Waals surface area contributed by atoms with E-state index in [1.54, 1.807) is 0 Å². The predicted octanol–water partition coefficient (Wildman–Crippen LogP) is 4.05. The first-order valence-electron chi connectivity index (χ1n) is 7.07. The molecule has 1 N–H and O–H groups in total. The van der Waals surface area contributed by atoms with Gasteiger partial charge in [-0.2, -0.15) is 0 Å². The number of amides is 1. The number of carbonyl (C=O) groups is 1. The van der Waals surface area contributed by atoms with Crippen LogP contribution in [0.25, 0.3) is 0 Å². The van der Waals surface area contributed by atoms with Gasteiger partial charge in [0, 0.05) is 11.6 Å². The molecule has 0 radical (unpaired) electrons. The molecule has 0 bridgehead atoms. The van der Waals surface area contributed by atoms with E-state index in [4.69, 9.17) is 0 Å². The van der Waals surface area contributed by atoms with Crippen molar-refractivity contribution in [2.45, 2.75) is 26.2 Å². The number of hydrogen-bond donors (Lipinski definition) is 1. The van der Waals surface area contributed by atoms with Crippen molar-refractivity contribution in [3.63, 3.8) is 0 Å². The molecule has 0 heterocycles. The second-order valence-electron chi connectivity index (χ2n) is 5.73. The van der Waals surface area contributed by atoms with Crippen LogP contribution in [0.1, 0.15) is 29.0 Å². The van der Waals surface area contributed by atoms with Gasteiger partial charge in [-0.1, -0.05) is 36.4 Å². The smallest absolute Gasteiger partial charge is 0.228 e. The molecule has 0 saturated heterocycles. The van der Waals surface area contributed by atoms with Crippen LogP contribution < -0.4 is 5.32 Å². The van der Waals surface area contributed by atoms with E-state index in [0.717, 1.165) is 12.1 Å². The normalized spacial score (nSPS) is 20.5. The van der Waals surface area contributed by atoms with Crippen molar-refractivity contribution in [3.8, 4) is 0 Å². The molecule has 1 fully saturated rings. The third-order valence-electron chi connectivity index (χ3n) is 3.84. The second kappa shape index (κ2) is 5.12. The van der Waals surface area contributed by atoms with Crippen LogP contribution in [0.4, 0.5) is 5.69 Å². The Labute approximate surface area is 119 Å². The largest absolute Gasteiger partial charge is 0.326 e. The zero-order chi connectivity index (χ0) is 14.1. The van der Waals surface area contributed by atoms with E-state index in [9.17, 15) is 4.79 Å². The highest BCUT2D eigenvalue weighted by Crippen LogP contribution is 2.47. The van der Waals surface area contributed by atoms with Gasteiger partial charge in [0.15, 0.2) is 0 Å². The molecule has 2 unspecified atom stereocenters. The minimum absolute atomic E-state index is 0.123. The van der Waals surface area contributed by atoms with Gasteiger partial charge in [-0.15, -0.1) is 0 Å². The average molecular weight is 265 g/mol. The Kier molecular flexibility index (Phi) is 3.31. The minimum Gasteiger partial charge on any atom is -0.326 e. The van der Waals surface area contributed by atoms with Crippen LogP contribution in [0.5, 0.6) is 0 Å². The Bertz CT molecular complexity index is 613. The number of hydrogen-bond acceptors (Lipinski definition) is 1. The van der Waals surface area contributed by atoms with E-state index in [1.807, 2.05) is 44.2 Å². The molecule has 0 aromatic heterocycles. The van der Waals surface area contributed by atoms with Crippen molar-refractivity contribution >= 4 is 11.6 Å². The third-order valence-corrected chi connectivity index (χ3v) is 3.84. The van der Waals surface area contributed by atoms with E-state index in [2.05, 4.69) is 23.5 Å². The Hall–Kier alpha value is -2.09. The SMILES string of the molecule is Cc1cc(C)cc(NC(=O)C2CC2c2ccccc2)c1. The first-order valence-corrected chi connectivity index (χ1v) is 7.07. The van der Waals surface area contributed by atoms with E-state index >= 15 is 0 Å². The summed E-state index contributed by atoms with van der Waals surface area (Å²) in [5.74, 6) is 0.657. The van der Waals surface area contributed by atoms with Crippen LogP contribution in [0.3, 0.4) is 0 Å². The Morgan fingerprint density at radius 3 is 2.35 bits per heavy atom. The van der Waals surface area contributed by atoms with E-state index in [1.165, 1.54) is 16.7 Å². The molecule has 2 nitrogen and oxygen atoms in total. The summed E-state index contributed by atoms with van der Waals surface area (Å²) in [5, 5.41) is 3.05. The lowest BCUT2D eigenvalue weighted by Gasteiger charge is -2.07. The maximum absolute atomic E-state index is 12.3. The van der Waals surface area contributed by atoms with Crippen LogP contribution >= 0.6 is 0 Å². The maximum Gasteiger partial charge on any atom is 0.228 e. The van der Waals surface area contributed by atoms with Crippen molar-refractivity contribution in [1.82, 2.24) is 0 Å². The molecule has 1 amide bonds. The van der Waals surface area contributed by atoms with Gasteiger partial charge in [0.05, 0.1) is 0 Å². The molecule has 20 heavy (non-hydrogen) atoms. The number of nitrogens with one attached hydrogen (secondary N) is 1. The van der Waals surface area contributed by atoms with Gasteiger partial charge < -0.3 is 5.32 Å². The lowest BCUT2D eigenvalue weighted by Crippen LogP contribution is -2.14. The minimum atomic E-state index is 0.123. The van der Waals surface area contributed by atoms with E-state index in [-0.39, 0.29) is 11.8 Å². The van der Waals surface area contributed by atoms with Crippen molar-refractivity contribution in [3.05, 3.63) is 65.2 Å². The Morgan fingerprint density at radius 1 is 1.05 bits per heavy atom. The zero-order valence-corrected chi connectivity index (χ0v) is 11.9. The molecule has 1 aliphatic rings. The fourth-order valence-electron chi connectivity index (χ4n) is 2.84. The van der Waals surface area contributed by atoms with E-state index < -0.39 is 0 Å². The fraction of sp³-hybridized carbons (Fsp3) is 0.278. The van der Waals surface area contributed by atoms with Gasteiger partial charge in [0.2, 0.25) is 5.91 Å². The van der Waals surface area contributed by atoms with Gasteiger partial charge in [-0.05, 0) is 55.0 Å². The topological polar surface area (TPSA) is 29.1 Å². The monoisotopic (exact) mass is 265 g/mol. The molecule has 1 aliphatic carbocycles. The van der Waals surface area contributed by atoms with Crippen molar-refractivity contribution < 1.29 is 4.79 Å². The highest BCUT2D eigenvalue weighted by atomic mass is 16.2. The summed E-state index contributed by atoms with van der Waals surface area (Å²) in [6, 6.07) is 16.4. The molecular formula is C18H19NO. The molecule has 2 heteroatoms. The third kappa shape index (κ3) is 2.74. The fourth-order valence-corrected chi connectivity index (χ4v) is 2.84. The number of carbonyl (C=O) groups excluding carboxylic acids is 1. The molecule has 2 aromatic rings. The molecular weight excluding hydrogens is 246 g/mol. The van der Waals surface area contributed by atoms with E-state index in [0.29, 0.717) is 5.92 Å². The molecule has 2 aromatic carbocycles.